The number of rotatable bonds is 7. The van der Waals surface area contributed by atoms with Crippen LogP contribution in [-0.4, -0.2) is 59.6 Å². The van der Waals surface area contributed by atoms with Gasteiger partial charge in [-0.15, -0.1) is 0 Å². The van der Waals surface area contributed by atoms with Crippen molar-refractivity contribution in [2.75, 3.05) is 32.1 Å². The lowest BCUT2D eigenvalue weighted by molar-refractivity contribution is 0.0568. The van der Waals surface area contributed by atoms with E-state index in [-0.39, 0.29) is 18.2 Å². The average molecular weight is 337 g/mol. The molecule has 7 nitrogen and oxygen atoms in total. The van der Waals surface area contributed by atoms with Gasteiger partial charge in [0.25, 0.3) is 0 Å². The van der Waals surface area contributed by atoms with Crippen LogP contribution in [0.1, 0.15) is 45.2 Å². The minimum absolute atomic E-state index is 0.000209. The number of hydrogen-bond acceptors (Lipinski definition) is 4. The molecule has 1 aromatic rings. The zero-order valence-corrected chi connectivity index (χ0v) is 15.5. The Kier molecular flexibility index (Phi) is 6.62. The van der Waals surface area contributed by atoms with Crippen LogP contribution in [0.2, 0.25) is 0 Å². The van der Waals surface area contributed by atoms with Gasteiger partial charge in [0.1, 0.15) is 5.82 Å². The van der Waals surface area contributed by atoms with Crippen molar-refractivity contribution in [3.63, 3.8) is 0 Å². The Labute approximate surface area is 144 Å². The number of urea groups is 1. The molecule has 2 N–H and O–H groups in total. The third kappa shape index (κ3) is 4.27. The first-order valence-corrected chi connectivity index (χ1v) is 8.91. The van der Waals surface area contributed by atoms with E-state index in [4.69, 9.17) is 4.74 Å². The molecule has 2 rings (SSSR count). The average Bonchev–Trinajstić information content (AvgIpc) is 3.06. The molecule has 2 amide bonds. The molecule has 0 aromatic carbocycles. The van der Waals surface area contributed by atoms with Crippen molar-refractivity contribution in [2.24, 2.45) is 0 Å². The third-order valence-corrected chi connectivity index (χ3v) is 4.64. The van der Waals surface area contributed by atoms with Gasteiger partial charge in [-0.25, -0.2) is 9.48 Å². The molecular formula is C17H31N5O2. The van der Waals surface area contributed by atoms with Crippen LogP contribution in [0.5, 0.6) is 0 Å². The van der Waals surface area contributed by atoms with E-state index in [2.05, 4.69) is 34.5 Å². The molecule has 0 spiro atoms. The van der Waals surface area contributed by atoms with Crippen LogP contribution in [0.25, 0.3) is 0 Å². The van der Waals surface area contributed by atoms with Crippen LogP contribution in [-0.2, 0) is 4.74 Å². The van der Waals surface area contributed by atoms with Crippen LogP contribution >= 0.6 is 0 Å². The van der Waals surface area contributed by atoms with E-state index < -0.39 is 0 Å². The van der Waals surface area contributed by atoms with Gasteiger partial charge in [0.05, 0.1) is 24.4 Å². The van der Waals surface area contributed by atoms with Crippen LogP contribution in [0.15, 0.2) is 6.20 Å². The molecule has 0 aliphatic carbocycles. The number of aromatic nitrogens is 2. The number of nitrogens with one attached hydrogen (secondary N) is 2. The maximum absolute atomic E-state index is 12.5. The van der Waals surface area contributed by atoms with E-state index in [1.54, 1.807) is 6.20 Å². The molecule has 2 heterocycles. The SMILES string of the molecule is CCO[C@H]1CN(C)C[C@@H]1NC(=O)Nc1c(C)cnn1C(CC)CC. The molecule has 0 bridgehead atoms. The van der Waals surface area contributed by atoms with Crippen molar-refractivity contribution >= 4 is 11.8 Å². The largest absolute Gasteiger partial charge is 0.375 e. The molecule has 24 heavy (non-hydrogen) atoms. The molecule has 0 radical (unpaired) electrons. The second kappa shape index (κ2) is 8.48. The summed E-state index contributed by atoms with van der Waals surface area (Å²) in [4.78, 5) is 14.7. The van der Waals surface area contributed by atoms with Gasteiger partial charge in [-0.2, -0.15) is 5.10 Å². The van der Waals surface area contributed by atoms with Crippen molar-refractivity contribution in [1.82, 2.24) is 20.0 Å². The third-order valence-electron chi connectivity index (χ3n) is 4.64. The topological polar surface area (TPSA) is 71.4 Å². The molecule has 0 unspecified atom stereocenters. The first-order valence-electron chi connectivity index (χ1n) is 8.91. The summed E-state index contributed by atoms with van der Waals surface area (Å²) in [6, 6.07) is 0.0957. The van der Waals surface area contributed by atoms with Crippen molar-refractivity contribution in [1.29, 1.82) is 0 Å². The number of amides is 2. The highest BCUT2D eigenvalue weighted by Gasteiger charge is 2.32. The Balaban J connectivity index is 2.03. The fourth-order valence-corrected chi connectivity index (χ4v) is 3.31. The zero-order valence-electron chi connectivity index (χ0n) is 15.5. The maximum Gasteiger partial charge on any atom is 0.320 e. The van der Waals surface area contributed by atoms with Gasteiger partial charge >= 0.3 is 6.03 Å². The lowest BCUT2D eigenvalue weighted by Crippen LogP contribution is -2.46. The van der Waals surface area contributed by atoms with Crippen LogP contribution in [0.3, 0.4) is 0 Å². The Morgan fingerprint density at radius 3 is 2.71 bits per heavy atom. The summed E-state index contributed by atoms with van der Waals surface area (Å²) in [6.07, 6.45) is 3.80. The number of hydrogen-bond donors (Lipinski definition) is 2. The lowest BCUT2D eigenvalue weighted by Gasteiger charge is -2.21. The first-order chi connectivity index (χ1) is 11.5. The summed E-state index contributed by atoms with van der Waals surface area (Å²) < 4.78 is 7.67. The molecule has 1 aromatic heterocycles. The Bertz CT molecular complexity index is 541. The van der Waals surface area contributed by atoms with Gasteiger partial charge in [-0.3, -0.25) is 5.32 Å². The summed E-state index contributed by atoms with van der Waals surface area (Å²) in [7, 11) is 2.04. The van der Waals surface area contributed by atoms with Gasteiger partial charge in [0.2, 0.25) is 0 Å². The van der Waals surface area contributed by atoms with E-state index in [9.17, 15) is 4.79 Å². The fraction of sp³-hybridized carbons (Fsp3) is 0.765. The highest BCUT2D eigenvalue weighted by Crippen LogP contribution is 2.23. The molecule has 136 valence electrons. The predicted octanol–water partition coefficient (Wildman–Crippen LogP) is 2.39. The smallest absolute Gasteiger partial charge is 0.320 e. The number of anilines is 1. The summed E-state index contributed by atoms with van der Waals surface area (Å²) in [5, 5.41) is 10.5. The number of aryl methyl sites for hydroxylation is 1. The molecule has 7 heteroatoms. The fourth-order valence-electron chi connectivity index (χ4n) is 3.31. The first kappa shape index (κ1) is 18.7. The van der Waals surface area contributed by atoms with Gasteiger partial charge < -0.3 is 15.0 Å². The lowest BCUT2D eigenvalue weighted by atomic mass is 10.2. The van der Waals surface area contributed by atoms with E-state index in [0.29, 0.717) is 12.6 Å². The molecule has 1 aliphatic heterocycles. The number of likely N-dealkylation sites (tertiary alicyclic amines) is 1. The monoisotopic (exact) mass is 337 g/mol. The highest BCUT2D eigenvalue weighted by molar-refractivity contribution is 5.89. The number of carbonyl (C=O) groups is 1. The van der Waals surface area contributed by atoms with Gasteiger partial charge in [-0.1, -0.05) is 13.8 Å². The van der Waals surface area contributed by atoms with Gasteiger partial charge in [0.15, 0.2) is 0 Å². The van der Waals surface area contributed by atoms with E-state index in [0.717, 1.165) is 37.3 Å². The maximum atomic E-state index is 12.5. The number of likely N-dealkylation sites (N-methyl/N-ethyl adjacent to an activating group) is 1. The zero-order chi connectivity index (χ0) is 17.7. The normalized spacial score (nSPS) is 21.4. The highest BCUT2D eigenvalue weighted by atomic mass is 16.5. The van der Waals surface area contributed by atoms with E-state index in [1.165, 1.54) is 0 Å². The van der Waals surface area contributed by atoms with Crippen molar-refractivity contribution in [3.8, 4) is 0 Å². The number of nitrogens with zero attached hydrogens (tertiary/aromatic N) is 3. The minimum atomic E-state index is -0.198. The molecule has 2 atom stereocenters. The Morgan fingerprint density at radius 1 is 1.38 bits per heavy atom. The Hall–Kier alpha value is -1.60. The van der Waals surface area contributed by atoms with Crippen molar-refractivity contribution < 1.29 is 9.53 Å². The van der Waals surface area contributed by atoms with Crippen LogP contribution in [0, 0.1) is 6.92 Å². The van der Waals surface area contributed by atoms with Crippen molar-refractivity contribution in [2.45, 2.75) is 58.7 Å². The van der Waals surface area contributed by atoms with Crippen molar-refractivity contribution in [3.05, 3.63) is 11.8 Å². The Morgan fingerprint density at radius 2 is 2.08 bits per heavy atom. The minimum Gasteiger partial charge on any atom is -0.375 e. The summed E-state index contributed by atoms with van der Waals surface area (Å²) in [5.74, 6) is 0.778. The number of ether oxygens (including phenoxy) is 1. The molecule has 1 fully saturated rings. The second-order valence-corrected chi connectivity index (χ2v) is 6.51. The molecule has 1 saturated heterocycles. The molecule has 1 aliphatic rings. The second-order valence-electron chi connectivity index (χ2n) is 6.51. The van der Waals surface area contributed by atoms with E-state index >= 15 is 0 Å². The van der Waals surface area contributed by atoms with Crippen LogP contribution < -0.4 is 10.6 Å². The molecular weight excluding hydrogens is 306 g/mol. The summed E-state index contributed by atoms with van der Waals surface area (Å²) in [5.41, 5.74) is 0.974. The predicted molar refractivity (Wildman–Crippen MR) is 95.4 cm³/mol. The summed E-state index contributed by atoms with van der Waals surface area (Å²) in [6.45, 7) is 10.5. The van der Waals surface area contributed by atoms with E-state index in [1.807, 2.05) is 25.6 Å². The summed E-state index contributed by atoms with van der Waals surface area (Å²) >= 11 is 0. The van der Waals surface area contributed by atoms with Crippen LogP contribution in [0.4, 0.5) is 10.6 Å². The van der Waals surface area contributed by atoms with Gasteiger partial charge in [-0.05, 0) is 33.7 Å². The molecule has 0 saturated carbocycles. The number of carbonyl (C=O) groups excluding carboxylic acids is 1. The quantitative estimate of drug-likeness (QED) is 0.801. The standard InChI is InChI=1S/C17H31N5O2/c1-6-13(7-2)22-16(12(4)9-18-22)20-17(23)19-14-10-21(5)11-15(14)24-8-3/h9,13-15H,6-8,10-11H2,1-5H3,(H2,19,20,23)/t14-,15-/m0/s1. The van der Waals surface area contributed by atoms with Gasteiger partial charge in [0, 0.05) is 25.3 Å².